The Kier molecular flexibility index (Phi) is 8.77. The standard InChI is InChI=1S/C53H36N6/c1-53(2)46-19-10-20-48(54-3)49(46)45-22-21-36(31-47(45)53)39-25-43(42-27-40(37-17-11-23-55-32-37)26-41(28-42)38-18-12-24-56-33-38)30-44(29-39)52-58-50(34-13-6-4-7-14-34)57-51(59-52)35-15-8-5-9-16-35/h4-33H,1-2H3. The Morgan fingerprint density at radius 3 is 1.39 bits per heavy atom. The summed E-state index contributed by atoms with van der Waals surface area (Å²) in [5, 5.41) is 0. The van der Waals surface area contributed by atoms with Gasteiger partial charge in [-0.25, -0.2) is 19.8 Å². The first-order chi connectivity index (χ1) is 28.9. The molecule has 278 valence electrons. The van der Waals surface area contributed by atoms with Gasteiger partial charge in [0, 0.05) is 58.0 Å². The Bertz CT molecular complexity index is 2800. The van der Waals surface area contributed by atoms with Crippen molar-refractivity contribution in [3.05, 3.63) is 205 Å². The molecule has 0 bridgehead atoms. The average Bonchev–Trinajstić information content (AvgIpc) is 3.55. The van der Waals surface area contributed by atoms with Crippen molar-refractivity contribution < 1.29 is 0 Å². The number of benzene rings is 6. The fourth-order valence-corrected chi connectivity index (χ4v) is 8.26. The van der Waals surface area contributed by atoms with Crippen molar-refractivity contribution in [1.29, 1.82) is 0 Å². The van der Waals surface area contributed by atoms with Crippen molar-refractivity contribution >= 4 is 5.69 Å². The van der Waals surface area contributed by atoms with Gasteiger partial charge < -0.3 is 0 Å². The highest BCUT2D eigenvalue weighted by Crippen LogP contribution is 2.53. The second-order valence-electron chi connectivity index (χ2n) is 15.3. The zero-order valence-corrected chi connectivity index (χ0v) is 32.5. The number of aromatic nitrogens is 5. The Balaban J connectivity index is 1.22. The number of pyridine rings is 2. The lowest BCUT2D eigenvalue weighted by Gasteiger charge is -2.22. The molecule has 0 aliphatic heterocycles. The highest BCUT2D eigenvalue weighted by molar-refractivity contribution is 5.92. The minimum absolute atomic E-state index is 0.290. The van der Waals surface area contributed by atoms with Crippen LogP contribution < -0.4 is 0 Å². The molecule has 59 heavy (non-hydrogen) atoms. The van der Waals surface area contributed by atoms with Gasteiger partial charge in [-0.1, -0.05) is 117 Å². The zero-order chi connectivity index (χ0) is 39.9. The highest BCUT2D eigenvalue weighted by Gasteiger charge is 2.36. The fourth-order valence-electron chi connectivity index (χ4n) is 8.26. The van der Waals surface area contributed by atoms with Gasteiger partial charge in [-0.2, -0.15) is 0 Å². The van der Waals surface area contributed by atoms with Crippen LogP contribution in [0.2, 0.25) is 0 Å². The summed E-state index contributed by atoms with van der Waals surface area (Å²) in [5.41, 5.74) is 15.9. The Morgan fingerprint density at radius 1 is 0.407 bits per heavy atom. The second-order valence-corrected chi connectivity index (χ2v) is 15.3. The van der Waals surface area contributed by atoms with Crippen LogP contribution >= 0.6 is 0 Å². The van der Waals surface area contributed by atoms with E-state index in [-0.39, 0.29) is 5.41 Å². The SMILES string of the molecule is [C-]#[N+]c1cccc2c1-c1ccc(-c3cc(-c4cc(-c5cccnc5)cc(-c5cccnc5)c4)cc(-c4nc(-c5ccccc5)nc(-c5ccccc5)n4)c3)cc1C2(C)C. The van der Waals surface area contributed by atoms with Crippen LogP contribution in [0.3, 0.4) is 0 Å². The van der Waals surface area contributed by atoms with Gasteiger partial charge in [-0.3, -0.25) is 9.97 Å². The van der Waals surface area contributed by atoms with Crippen LogP contribution in [-0.2, 0) is 5.41 Å². The maximum atomic E-state index is 7.95. The summed E-state index contributed by atoms with van der Waals surface area (Å²) in [6, 6.07) is 54.3. The molecule has 0 N–H and O–H groups in total. The van der Waals surface area contributed by atoms with E-state index in [1.165, 1.54) is 11.1 Å². The molecular formula is C53H36N6. The van der Waals surface area contributed by atoms with Gasteiger partial charge in [-0.05, 0) is 110 Å². The molecule has 6 heteroatoms. The van der Waals surface area contributed by atoms with Crippen LogP contribution in [0.1, 0.15) is 25.0 Å². The Hall–Kier alpha value is -7.88. The molecule has 1 aliphatic carbocycles. The second kappa shape index (κ2) is 14.6. The molecule has 0 radical (unpaired) electrons. The lowest BCUT2D eigenvalue weighted by Crippen LogP contribution is -2.14. The molecule has 0 atom stereocenters. The van der Waals surface area contributed by atoms with Gasteiger partial charge in [0.2, 0.25) is 0 Å². The van der Waals surface area contributed by atoms with Crippen LogP contribution in [0.4, 0.5) is 5.69 Å². The lowest BCUT2D eigenvalue weighted by atomic mass is 9.81. The van der Waals surface area contributed by atoms with Gasteiger partial charge in [0.15, 0.2) is 23.2 Å². The number of rotatable bonds is 7. The van der Waals surface area contributed by atoms with E-state index in [4.69, 9.17) is 21.5 Å². The zero-order valence-electron chi connectivity index (χ0n) is 32.5. The largest absolute Gasteiger partial charge is 0.264 e. The van der Waals surface area contributed by atoms with Gasteiger partial charge in [0.05, 0.1) is 6.57 Å². The number of hydrogen-bond donors (Lipinski definition) is 0. The smallest absolute Gasteiger partial charge is 0.195 e. The monoisotopic (exact) mass is 756 g/mol. The van der Waals surface area contributed by atoms with Gasteiger partial charge in [0.1, 0.15) is 0 Å². The molecule has 3 heterocycles. The third-order valence-corrected chi connectivity index (χ3v) is 11.3. The van der Waals surface area contributed by atoms with Crippen LogP contribution in [0.5, 0.6) is 0 Å². The van der Waals surface area contributed by atoms with Crippen molar-refractivity contribution in [2.75, 3.05) is 0 Å². The molecule has 0 unspecified atom stereocenters. The molecule has 9 aromatic rings. The van der Waals surface area contributed by atoms with Crippen LogP contribution in [0, 0.1) is 6.57 Å². The molecule has 0 spiro atoms. The normalized spacial score (nSPS) is 12.4. The van der Waals surface area contributed by atoms with E-state index in [2.05, 4.69) is 101 Å². The number of nitrogens with zero attached hydrogens (tertiary/aromatic N) is 6. The fraction of sp³-hybridized carbons (Fsp3) is 0.0566. The van der Waals surface area contributed by atoms with E-state index in [0.717, 1.165) is 72.3 Å². The molecule has 6 aromatic carbocycles. The maximum Gasteiger partial charge on any atom is 0.195 e. The van der Waals surface area contributed by atoms with Crippen molar-refractivity contribution in [2.24, 2.45) is 0 Å². The predicted molar refractivity (Wildman–Crippen MR) is 237 cm³/mol. The lowest BCUT2D eigenvalue weighted by molar-refractivity contribution is 0.661. The Labute approximate surface area is 343 Å². The molecule has 0 fully saturated rings. The molecule has 3 aromatic heterocycles. The minimum Gasteiger partial charge on any atom is -0.264 e. The predicted octanol–water partition coefficient (Wildman–Crippen LogP) is 13.2. The van der Waals surface area contributed by atoms with Gasteiger partial charge in [0.25, 0.3) is 0 Å². The van der Waals surface area contributed by atoms with Crippen molar-refractivity contribution in [3.63, 3.8) is 0 Å². The first-order valence-corrected chi connectivity index (χ1v) is 19.6. The molecule has 0 saturated carbocycles. The van der Waals surface area contributed by atoms with Crippen molar-refractivity contribution in [3.8, 4) is 89.8 Å². The Morgan fingerprint density at radius 2 is 0.881 bits per heavy atom. The summed E-state index contributed by atoms with van der Waals surface area (Å²) in [6.07, 6.45) is 7.40. The highest BCUT2D eigenvalue weighted by atomic mass is 15.0. The van der Waals surface area contributed by atoms with E-state index in [9.17, 15) is 0 Å². The number of hydrogen-bond acceptors (Lipinski definition) is 5. The summed E-state index contributed by atoms with van der Waals surface area (Å²) in [5.74, 6) is 1.78. The quantitative estimate of drug-likeness (QED) is 0.151. The third-order valence-electron chi connectivity index (χ3n) is 11.3. The summed E-state index contributed by atoms with van der Waals surface area (Å²) >= 11 is 0. The minimum atomic E-state index is -0.290. The van der Waals surface area contributed by atoms with Crippen LogP contribution in [0.15, 0.2) is 183 Å². The summed E-state index contributed by atoms with van der Waals surface area (Å²) in [4.78, 5) is 28.1. The van der Waals surface area contributed by atoms with E-state index in [1.807, 2.05) is 97.3 Å². The summed E-state index contributed by atoms with van der Waals surface area (Å²) in [6.45, 7) is 12.5. The molecule has 0 amide bonds. The van der Waals surface area contributed by atoms with E-state index in [1.54, 1.807) is 12.4 Å². The molecule has 1 aliphatic rings. The molecule has 0 saturated heterocycles. The number of fused-ring (bicyclic) bond motifs is 3. The topological polar surface area (TPSA) is 68.8 Å². The van der Waals surface area contributed by atoms with Crippen molar-refractivity contribution in [2.45, 2.75) is 19.3 Å². The van der Waals surface area contributed by atoms with E-state index >= 15 is 0 Å². The first kappa shape index (κ1) is 35.5. The van der Waals surface area contributed by atoms with Gasteiger partial charge >= 0.3 is 0 Å². The average molecular weight is 757 g/mol. The summed E-state index contributed by atoms with van der Waals surface area (Å²) < 4.78 is 0. The van der Waals surface area contributed by atoms with Gasteiger partial charge in [-0.15, -0.1) is 0 Å². The molecule has 10 rings (SSSR count). The van der Waals surface area contributed by atoms with E-state index < -0.39 is 0 Å². The first-order valence-electron chi connectivity index (χ1n) is 19.6. The summed E-state index contributed by atoms with van der Waals surface area (Å²) in [7, 11) is 0. The molecule has 6 nitrogen and oxygen atoms in total. The molecular weight excluding hydrogens is 721 g/mol. The van der Waals surface area contributed by atoms with Crippen LogP contribution in [0.25, 0.3) is 94.6 Å². The van der Waals surface area contributed by atoms with Crippen molar-refractivity contribution in [1.82, 2.24) is 24.9 Å². The third kappa shape index (κ3) is 6.55. The van der Waals surface area contributed by atoms with Crippen LogP contribution in [-0.4, -0.2) is 24.9 Å². The van der Waals surface area contributed by atoms with E-state index in [0.29, 0.717) is 23.2 Å². The maximum absolute atomic E-state index is 7.95.